The number of aliphatic hydroxyl groups is 1. The molecular formula is C26H31NO5. The summed E-state index contributed by atoms with van der Waals surface area (Å²) in [7, 11) is 1.62. The Labute approximate surface area is 188 Å². The molecule has 2 aromatic carbocycles. The highest BCUT2D eigenvalue weighted by Crippen LogP contribution is 2.26. The van der Waals surface area contributed by atoms with Gasteiger partial charge in [0.1, 0.15) is 22.8 Å². The number of rotatable bonds is 9. The molecule has 0 unspecified atom stereocenters. The Morgan fingerprint density at radius 1 is 1.06 bits per heavy atom. The van der Waals surface area contributed by atoms with Gasteiger partial charge in [-0.15, -0.1) is 0 Å². The molecule has 6 heteroatoms. The first-order valence-corrected chi connectivity index (χ1v) is 11.3. The number of hydrogen-bond acceptors (Lipinski definition) is 6. The van der Waals surface area contributed by atoms with E-state index in [2.05, 4.69) is 4.90 Å². The van der Waals surface area contributed by atoms with Crippen LogP contribution >= 0.6 is 0 Å². The summed E-state index contributed by atoms with van der Waals surface area (Å²) in [5.74, 6) is 2.64. The van der Waals surface area contributed by atoms with Crippen molar-refractivity contribution in [1.82, 2.24) is 4.90 Å². The first-order chi connectivity index (χ1) is 15.7. The van der Waals surface area contributed by atoms with Crippen molar-refractivity contribution in [3.05, 3.63) is 58.8 Å². The van der Waals surface area contributed by atoms with Gasteiger partial charge in [0.2, 0.25) is 0 Å². The number of fused-ring (bicyclic) bond motifs is 1. The second kappa shape index (κ2) is 10.7. The zero-order chi connectivity index (χ0) is 22.3. The van der Waals surface area contributed by atoms with E-state index in [0.29, 0.717) is 41.6 Å². The lowest BCUT2D eigenvalue weighted by molar-refractivity contribution is 0.150. The van der Waals surface area contributed by atoms with E-state index in [0.717, 1.165) is 43.8 Å². The average Bonchev–Trinajstić information content (AvgIpc) is 2.83. The summed E-state index contributed by atoms with van der Waals surface area (Å²) in [4.78, 5) is 15.0. The van der Waals surface area contributed by atoms with Crippen LogP contribution in [0.1, 0.15) is 25.7 Å². The fraction of sp³-hybridized carbons (Fsp3) is 0.423. The molecule has 4 rings (SSSR count). The van der Waals surface area contributed by atoms with Crippen molar-refractivity contribution < 1.29 is 19.0 Å². The monoisotopic (exact) mass is 437 g/mol. The summed E-state index contributed by atoms with van der Waals surface area (Å²) < 4.78 is 17.2. The molecule has 170 valence electrons. The molecule has 1 fully saturated rings. The SMILES string of the molecule is COc1ccc(-c2cc(=O)c3ccc(OCCCN4CCC(CCO)CC4)cc3o2)cc1. The zero-order valence-corrected chi connectivity index (χ0v) is 18.6. The van der Waals surface area contributed by atoms with E-state index in [1.807, 2.05) is 30.3 Å². The third kappa shape index (κ3) is 5.50. The fourth-order valence-electron chi connectivity index (χ4n) is 4.28. The van der Waals surface area contributed by atoms with E-state index >= 15 is 0 Å². The quantitative estimate of drug-likeness (QED) is 0.503. The van der Waals surface area contributed by atoms with Crippen LogP contribution in [0.2, 0.25) is 0 Å². The van der Waals surface area contributed by atoms with Crippen LogP contribution < -0.4 is 14.9 Å². The van der Waals surface area contributed by atoms with Crippen LogP contribution in [0.3, 0.4) is 0 Å². The molecule has 0 amide bonds. The van der Waals surface area contributed by atoms with E-state index in [4.69, 9.17) is 19.0 Å². The Balaban J connectivity index is 1.36. The van der Waals surface area contributed by atoms with Gasteiger partial charge in [-0.2, -0.15) is 0 Å². The Hall–Kier alpha value is -2.83. The second-order valence-electron chi connectivity index (χ2n) is 8.36. The standard InChI is InChI=1S/C26H31NO5/c1-30-21-5-3-20(4-6-21)25-18-24(29)23-8-7-22(17-26(23)32-25)31-16-2-12-27-13-9-19(10-14-27)11-15-28/h3-8,17-19,28H,2,9-16H2,1H3. The van der Waals surface area contributed by atoms with E-state index in [1.54, 1.807) is 19.2 Å². The van der Waals surface area contributed by atoms with Crippen molar-refractivity contribution in [3.63, 3.8) is 0 Å². The van der Waals surface area contributed by atoms with Crippen molar-refractivity contribution in [2.75, 3.05) is 40.0 Å². The van der Waals surface area contributed by atoms with Crippen molar-refractivity contribution in [2.45, 2.75) is 25.7 Å². The third-order valence-electron chi connectivity index (χ3n) is 6.21. The number of nitrogens with zero attached hydrogens (tertiary/aromatic N) is 1. The molecule has 1 aliphatic heterocycles. The minimum absolute atomic E-state index is 0.0757. The normalized spacial score (nSPS) is 15.2. The molecule has 0 atom stereocenters. The molecule has 1 aliphatic rings. The van der Waals surface area contributed by atoms with Gasteiger partial charge in [0.15, 0.2) is 5.43 Å². The van der Waals surface area contributed by atoms with E-state index in [9.17, 15) is 4.79 Å². The number of ether oxygens (including phenoxy) is 2. The first kappa shape index (κ1) is 22.4. The highest BCUT2D eigenvalue weighted by Gasteiger charge is 2.18. The Bertz CT molecular complexity index is 1070. The predicted molar refractivity (Wildman–Crippen MR) is 125 cm³/mol. The van der Waals surface area contributed by atoms with Gasteiger partial charge in [0.05, 0.1) is 19.1 Å². The molecule has 3 aromatic rings. The van der Waals surface area contributed by atoms with Crippen LogP contribution in [0.25, 0.3) is 22.3 Å². The molecule has 0 saturated carbocycles. The van der Waals surface area contributed by atoms with Gasteiger partial charge in [-0.3, -0.25) is 4.79 Å². The topological polar surface area (TPSA) is 72.1 Å². The van der Waals surface area contributed by atoms with E-state index < -0.39 is 0 Å². The lowest BCUT2D eigenvalue weighted by Gasteiger charge is -2.31. The number of benzene rings is 2. The third-order valence-corrected chi connectivity index (χ3v) is 6.21. The summed E-state index contributed by atoms with van der Waals surface area (Å²) in [5.41, 5.74) is 1.26. The second-order valence-corrected chi connectivity index (χ2v) is 8.36. The highest BCUT2D eigenvalue weighted by atomic mass is 16.5. The minimum Gasteiger partial charge on any atom is -0.497 e. The molecule has 6 nitrogen and oxygen atoms in total. The minimum atomic E-state index is -0.0757. The van der Waals surface area contributed by atoms with Crippen LogP contribution in [-0.4, -0.2) is 50.0 Å². The molecule has 0 spiro atoms. The number of likely N-dealkylation sites (tertiary alicyclic amines) is 1. The molecular weight excluding hydrogens is 406 g/mol. The molecule has 0 radical (unpaired) electrons. The molecule has 1 N–H and O–H groups in total. The first-order valence-electron chi connectivity index (χ1n) is 11.3. The molecule has 0 aliphatic carbocycles. The van der Waals surface area contributed by atoms with Gasteiger partial charge in [0.25, 0.3) is 0 Å². The molecule has 1 aromatic heterocycles. The summed E-state index contributed by atoms with van der Waals surface area (Å²) in [6.07, 6.45) is 4.21. The van der Waals surface area contributed by atoms with Gasteiger partial charge in [-0.05, 0) is 81.1 Å². The van der Waals surface area contributed by atoms with Crippen LogP contribution in [0, 0.1) is 5.92 Å². The molecule has 32 heavy (non-hydrogen) atoms. The molecule has 2 heterocycles. The number of methoxy groups -OCH3 is 1. The summed E-state index contributed by atoms with van der Waals surface area (Å²) in [6.45, 7) is 4.12. The van der Waals surface area contributed by atoms with Gasteiger partial charge in [0, 0.05) is 30.8 Å². The van der Waals surface area contributed by atoms with E-state index in [-0.39, 0.29) is 5.43 Å². The Morgan fingerprint density at radius 3 is 2.53 bits per heavy atom. The zero-order valence-electron chi connectivity index (χ0n) is 18.6. The van der Waals surface area contributed by atoms with Crippen molar-refractivity contribution in [3.8, 4) is 22.8 Å². The Kier molecular flexibility index (Phi) is 7.45. The summed E-state index contributed by atoms with van der Waals surface area (Å²) in [5, 5.41) is 9.62. The van der Waals surface area contributed by atoms with Crippen LogP contribution in [0.5, 0.6) is 11.5 Å². The largest absolute Gasteiger partial charge is 0.497 e. The average molecular weight is 438 g/mol. The molecule has 1 saturated heterocycles. The van der Waals surface area contributed by atoms with Crippen molar-refractivity contribution in [2.24, 2.45) is 5.92 Å². The maximum Gasteiger partial charge on any atom is 0.193 e. The smallest absolute Gasteiger partial charge is 0.193 e. The molecule has 0 bridgehead atoms. The van der Waals surface area contributed by atoms with Gasteiger partial charge in [-0.1, -0.05) is 0 Å². The Morgan fingerprint density at radius 2 is 1.81 bits per heavy atom. The number of hydrogen-bond donors (Lipinski definition) is 1. The van der Waals surface area contributed by atoms with Crippen LogP contribution in [-0.2, 0) is 0 Å². The fourth-order valence-corrected chi connectivity index (χ4v) is 4.28. The lowest BCUT2D eigenvalue weighted by Crippen LogP contribution is -2.35. The van der Waals surface area contributed by atoms with Gasteiger partial charge < -0.3 is 23.9 Å². The maximum absolute atomic E-state index is 12.6. The van der Waals surface area contributed by atoms with E-state index in [1.165, 1.54) is 18.9 Å². The predicted octanol–water partition coefficient (Wildman–Crippen LogP) is 4.33. The van der Waals surface area contributed by atoms with Crippen molar-refractivity contribution in [1.29, 1.82) is 0 Å². The summed E-state index contributed by atoms with van der Waals surface area (Å²) in [6, 6.07) is 14.3. The number of aliphatic hydroxyl groups excluding tert-OH is 1. The maximum atomic E-state index is 12.6. The number of piperidine rings is 1. The highest BCUT2D eigenvalue weighted by molar-refractivity contribution is 5.80. The van der Waals surface area contributed by atoms with Gasteiger partial charge in [-0.25, -0.2) is 0 Å². The lowest BCUT2D eigenvalue weighted by atomic mass is 9.94. The van der Waals surface area contributed by atoms with Crippen LogP contribution in [0.15, 0.2) is 57.7 Å². The van der Waals surface area contributed by atoms with Crippen LogP contribution in [0.4, 0.5) is 0 Å². The summed E-state index contributed by atoms with van der Waals surface area (Å²) >= 11 is 0. The van der Waals surface area contributed by atoms with Gasteiger partial charge >= 0.3 is 0 Å². The van der Waals surface area contributed by atoms with Crippen molar-refractivity contribution >= 4 is 11.0 Å².